The van der Waals surface area contributed by atoms with E-state index in [1.807, 2.05) is 30.3 Å². The summed E-state index contributed by atoms with van der Waals surface area (Å²) in [6.07, 6.45) is -0.698. The summed E-state index contributed by atoms with van der Waals surface area (Å²) in [5.41, 5.74) is 2.36. The van der Waals surface area contributed by atoms with Crippen LogP contribution < -0.4 is 5.32 Å². The zero-order valence-electron chi connectivity index (χ0n) is 13.2. The second kappa shape index (κ2) is 8.93. The summed E-state index contributed by atoms with van der Waals surface area (Å²) in [6, 6.07) is 15.3. The topological polar surface area (TPSA) is 64.6 Å². The largest absolute Gasteiger partial charge is 0.467 e. The summed E-state index contributed by atoms with van der Waals surface area (Å²) in [4.78, 5) is 23.9. The average Bonchev–Trinajstić information content (AvgIpc) is 2.65. The number of ether oxygens (including phenoxy) is 2. The van der Waals surface area contributed by atoms with Crippen molar-refractivity contribution < 1.29 is 19.1 Å². The lowest BCUT2D eigenvalue weighted by atomic mass is 10.1. The monoisotopic (exact) mass is 347 g/mol. The predicted octanol–water partition coefficient (Wildman–Crippen LogP) is 3.57. The van der Waals surface area contributed by atoms with E-state index in [0.717, 1.165) is 11.1 Å². The van der Waals surface area contributed by atoms with Gasteiger partial charge in [0, 0.05) is 5.88 Å². The molecule has 0 fully saturated rings. The van der Waals surface area contributed by atoms with Crippen LogP contribution in [-0.2, 0) is 26.8 Å². The lowest BCUT2D eigenvalue weighted by Gasteiger charge is -2.17. The molecule has 1 N–H and O–H groups in total. The highest BCUT2D eigenvalue weighted by Crippen LogP contribution is 2.17. The Bertz CT molecular complexity index is 673. The number of esters is 1. The zero-order valence-corrected chi connectivity index (χ0v) is 14.0. The highest BCUT2D eigenvalue weighted by molar-refractivity contribution is 6.17. The molecule has 5 nitrogen and oxygen atoms in total. The maximum absolute atomic E-state index is 12.0. The van der Waals surface area contributed by atoms with Gasteiger partial charge in [-0.15, -0.1) is 11.6 Å². The molecule has 126 valence electrons. The maximum Gasteiger partial charge on any atom is 0.408 e. The first kappa shape index (κ1) is 17.8. The molecule has 0 saturated heterocycles. The molecule has 0 radical (unpaired) electrons. The lowest BCUT2D eigenvalue weighted by molar-refractivity contribution is -0.143. The van der Waals surface area contributed by atoms with E-state index in [9.17, 15) is 9.59 Å². The Labute approximate surface area is 145 Å². The van der Waals surface area contributed by atoms with E-state index in [1.165, 1.54) is 7.11 Å². The van der Waals surface area contributed by atoms with Gasteiger partial charge < -0.3 is 14.8 Å². The van der Waals surface area contributed by atoms with Crippen LogP contribution in [0.1, 0.15) is 22.7 Å². The van der Waals surface area contributed by atoms with Crippen molar-refractivity contribution in [2.75, 3.05) is 7.11 Å². The van der Waals surface area contributed by atoms with Crippen LogP contribution in [0, 0.1) is 0 Å². The van der Waals surface area contributed by atoms with Gasteiger partial charge in [-0.3, -0.25) is 0 Å². The van der Waals surface area contributed by atoms with Crippen molar-refractivity contribution >= 4 is 23.7 Å². The van der Waals surface area contributed by atoms with Crippen molar-refractivity contribution in [1.82, 2.24) is 5.32 Å². The molecule has 24 heavy (non-hydrogen) atoms. The third-order valence-electron chi connectivity index (χ3n) is 3.38. The summed E-state index contributed by atoms with van der Waals surface area (Å²) in [6.45, 7) is 0.117. The molecule has 0 aliphatic carbocycles. The van der Waals surface area contributed by atoms with Gasteiger partial charge in [-0.05, 0) is 16.7 Å². The Morgan fingerprint density at radius 2 is 1.71 bits per heavy atom. The number of nitrogens with one attached hydrogen (secondary N) is 1. The average molecular weight is 348 g/mol. The van der Waals surface area contributed by atoms with Crippen LogP contribution in [0.2, 0.25) is 0 Å². The highest BCUT2D eigenvalue weighted by atomic mass is 35.5. The minimum Gasteiger partial charge on any atom is -0.467 e. The molecule has 0 aliphatic heterocycles. The van der Waals surface area contributed by atoms with E-state index in [2.05, 4.69) is 5.32 Å². The first-order chi connectivity index (χ1) is 11.6. The molecule has 1 atom stereocenters. The van der Waals surface area contributed by atoms with Gasteiger partial charge in [0.2, 0.25) is 0 Å². The molecule has 1 unspecified atom stereocenters. The molecule has 0 bridgehead atoms. The number of alkyl halides is 1. The molecule has 0 heterocycles. The van der Waals surface area contributed by atoms with Gasteiger partial charge in [0.25, 0.3) is 0 Å². The van der Waals surface area contributed by atoms with Crippen LogP contribution in [0.4, 0.5) is 4.79 Å². The van der Waals surface area contributed by atoms with Crippen LogP contribution >= 0.6 is 11.6 Å². The molecule has 0 saturated carbocycles. The fourth-order valence-corrected chi connectivity index (χ4v) is 2.26. The number of benzene rings is 2. The normalized spacial score (nSPS) is 11.4. The van der Waals surface area contributed by atoms with Crippen molar-refractivity contribution in [3.8, 4) is 0 Å². The molecule has 0 aromatic heterocycles. The second-order valence-corrected chi connectivity index (χ2v) is 5.30. The first-order valence-electron chi connectivity index (χ1n) is 7.34. The summed E-state index contributed by atoms with van der Waals surface area (Å²) in [7, 11) is 1.26. The Morgan fingerprint density at radius 3 is 2.29 bits per heavy atom. The second-order valence-electron chi connectivity index (χ2n) is 5.04. The van der Waals surface area contributed by atoms with Crippen LogP contribution in [0.25, 0.3) is 0 Å². The lowest BCUT2D eigenvalue weighted by Crippen LogP contribution is -2.34. The number of carbonyl (C=O) groups excluding carboxylic acids is 2. The van der Waals surface area contributed by atoms with Gasteiger partial charge in [-0.2, -0.15) is 0 Å². The molecule has 1 amide bonds. The van der Waals surface area contributed by atoms with Crippen molar-refractivity contribution in [2.45, 2.75) is 18.5 Å². The standard InChI is InChI=1S/C18H18ClNO4/c1-23-17(21)16(15-9-7-13(11-19)8-10-15)20-18(22)24-12-14-5-3-2-4-6-14/h2-10,16H,11-12H2,1H3,(H,20,22). The van der Waals surface area contributed by atoms with Crippen molar-refractivity contribution in [3.63, 3.8) is 0 Å². The van der Waals surface area contributed by atoms with Gasteiger partial charge in [0.05, 0.1) is 7.11 Å². The van der Waals surface area contributed by atoms with Crippen molar-refractivity contribution in [1.29, 1.82) is 0 Å². The number of hydrogen-bond acceptors (Lipinski definition) is 4. The minimum absolute atomic E-state index is 0.117. The minimum atomic E-state index is -0.942. The number of hydrogen-bond donors (Lipinski definition) is 1. The van der Waals surface area contributed by atoms with Crippen LogP contribution in [0.15, 0.2) is 54.6 Å². The number of alkyl carbamates (subject to hydrolysis) is 1. The first-order valence-corrected chi connectivity index (χ1v) is 7.87. The summed E-state index contributed by atoms with van der Waals surface area (Å²) in [5.74, 6) is -0.208. The number of methoxy groups -OCH3 is 1. The fraction of sp³-hybridized carbons (Fsp3) is 0.222. The number of rotatable bonds is 6. The number of amides is 1. The van der Waals surface area contributed by atoms with E-state index < -0.39 is 18.1 Å². The summed E-state index contributed by atoms with van der Waals surface area (Å²) >= 11 is 5.75. The molecule has 6 heteroatoms. The van der Waals surface area contributed by atoms with Gasteiger partial charge >= 0.3 is 12.1 Å². The molecule has 2 aromatic rings. The van der Waals surface area contributed by atoms with Gasteiger partial charge in [0.15, 0.2) is 6.04 Å². The fourth-order valence-electron chi connectivity index (χ4n) is 2.08. The summed E-state index contributed by atoms with van der Waals surface area (Å²) < 4.78 is 9.89. The zero-order chi connectivity index (χ0) is 17.4. The van der Waals surface area contributed by atoms with E-state index in [-0.39, 0.29) is 6.61 Å². The van der Waals surface area contributed by atoms with Crippen molar-refractivity contribution in [2.24, 2.45) is 0 Å². The number of halogens is 1. The quantitative estimate of drug-likeness (QED) is 0.641. The molecular formula is C18H18ClNO4. The highest BCUT2D eigenvalue weighted by Gasteiger charge is 2.24. The molecule has 2 aromatic carbocycles. The Balaban J connectivity index is 2.02. The van der Waals surface area contributed by atoms with E-state index >= 15 is 0 Å². The smallest absolute Gasteiger partial charge is 0.408 e. The Hall–Kier alpha value is -2.53. The van der Waals surface area contributed by atoms with Gasteiger partial charge in [0.1, 0.15) is 6.61 Å². The molecular weight excluding hydrogens is 330 g/mol. The summed E-state index contributed by atoms with van der Waals surface area (Å²) in [5, 5.41) is 2.52. The van der Waals surface area contributed by atoms with E-state index in [0.29, 0.717) is 11.4 Å². The van der Waals surface area contributed by atoms with Crippen molar-refractivity contribution in [3.05, 3.63) is 71.3 Å². The van der Waals surface area contributed by atoms with Gasteiger partial charge in [-0.25, -0.2) is 9.59 Å². The number of carbonyl (C=O) groups is 2. The molecule has 2 rings (SSSR count). The third-order valence-corrected chi connectivity index (χ3v) is 3.69. The SMILES string of the molecule is COC(=O)C(NC(=O)OCc1ccccc1)c1ccc(CCl)cc1. The van der Waals surface area contributed by atoms with E-state index in [1.54, 1.807) is 24.3 Å². The molecule has 0 aliphatic rings. The van der Waals surface area contributed by atoms with Crippen LogP contribution in [-0.4, -0.2) is 19.2 Å². The third kappa shape index (κ3) is 4.99. The van der Waals surface area contributed by atoms with E-state index in [4.69, 9.17) is 21.1 Å². The van der Waals surface area contributed by atoms with Gasteiger partial charge in [-0.1, -0.05) is 54.6 Å². The maximum atomic E-state index is 12.0. The predicted molar refractivity (Wildman–Crippen MR) is 90.5 cm³/mol. The van der Waals surface area contributed by atoms with Crippen LogP contribution in [0.5, 0.6) is 0 Å². The van der Waals surface area contributed by atoms with Crippen LogP contribution in [0.3, 0.4) is 0 Å². The molecule has 0 spiro atoms. The Kier molecular flexibility index (Phi) is 6.63. The Morgan fingerprint density at radius 1 is 1.04 bits per heavy atom.